The number of carbonyl (C=O) groups is 1. The molecule has 1 unspecified atom stereocenters. The largest absolute Gasteiger partial charge is 0.416 e. The number of anilines is 1. The van der Waals surface area contributed by atoms with E-state index in [1.165, 1.54) is 12.1 Å². The molecule has 3 saturated carbocycles. The van der Waals surface area contributed by atoms with E-state index < -0.39 is 40.1 Å². The quantitative estimate of drug-likeness (QED) is 0.578. The molecule has 4 aliphatic rings. The van der Waals surface area contributed by atoms with Crippen molar-refractivity contribution in [3.8, 4) is 6.07 Å². The summed E-state index contributed by atoms with van der Waals surface area (Å²) >= 11 is -2.63. The number of benzene rings is 1. The van der Waals surface area contributed by atoms with Crippen LogP contribution in [0.25, 0.3) is 0 Å². The van der Waals surface area contributed by atoms with Crippen molar-refractivity contribution in [1.29, 1.82) is 5.26 Å². The summed E-state index contributed by atoms with van der Waals surface area (Å²) in [6, 6.07) is 4.95. The van der Waals surface area contributed by atoms with Crippen LogP contribution in [0.1, 0.15) is 61.4 Å². The molecule has 34 heavy (non-hydrogen) atoms. The zero-order chi connectivity index (χ0) is 24.9. The van der Waals surface area contributed by atoms with E-state index in [0.717, 1.165) is 22.6 Å². The molecule has 0 aromatic heterocycles. The molecule has 1 saturated heterocycles. The summed E-state index contributed by atoms with van der Waals surface area (Å²) in [4.78, 5) is 13.4. The lowest BCUT2D eigenvalue weighted by atomic mass is 9.58. The van der Waals surface area contributed by atoms with Gasteiger partial charge in [0, 0.05) is 25.7 Å². The summed E-state index contributed by atoms with van der Waals surface area (Å²) in [5.41, 5.74) is -3.02. The minimum atomic E-state index is -4.69. The monoisotopic (exact) mass is 500 g/mol. The molecule has 3 aliphatic carbocycles. The van der Waals surface area contributed by atoms with Crippen molar-refractivity contribution in [1.82, 2.24) is 10.3 Å². The van der Waals surface area contributed by atoms with Gasteiger partial charge in [-0.1, -0.05) is 0 Å². The number of halogens is 3. The van der Waals surface area contributed by atoms with E-state index in [0.29, 0.717) is 38.5 Å². The molecular weight excluding hydrogens is 473 g/mol. The average Bonchev–Trinajstić information content (AvgIpc) is 2.78. The van der Waals surface area contributed by atoms with Gasteiger partial charge in [-0.25, -0.2) is 9.22 Å². The summed E-state index contributed by atoms with van der Waals surface area (Å²) in [6.45, 7) is 2.24. The number of nitriles is 1. The summed E-state index contributed by atoms with van der Waals surface area (Å²) in [5.74, 6) is -0.738. The lowest BCUT2D eigenvalue weighted by Crippen LogP contribution is -2.67. The van der Waals surface area contributed by atoms with Gasteiger partial charge in [-0.3, -0.25) is 9.35 Å². The minimum absolute atomic E-state index is 0.0983. The predicted octanol–water partition coefficient (Wildman–Crippen LogP) is 3.63. The molecule has 5 rings (SSSR count). The second-order valence-corrected chi connectivity index (χ2v) is 10.6. The SMILES string of the molecule is COC1(C)CN(N(c2ccc(C(F)(F)F)cc2C(=O)NC23CCC(C#N)(CC2)CC3)S(=O)O)C1. The normalized spacial score (nSPS) is 29.1. The maximum Gasteiger partial charge on any atom is 0.416 e. The van der Waals surface area contributed by atoms with Crippen LogP contribution >= 0.6 is 0 Å². The number of amides is 1. The van der Waals surface area contributed by atoms with Crippen LogP contribution in [0.15, 0.2) is 18.2 Å². The number of carbonyl (C=O) groups excluding carboxylic acids is 1. The molecule has 1 aromatic rings. The van der Waals surface area contributed by atoms with E-state index in [2.05, 4.69) is 11.4 Å². The number of nitrogens with zero attached hydrogens (tertiary/aromatic N) is 3. The van der Waals surface area contributed by atoms with Crippen LogP contribution in [0.3, 0.4) is 0 Å². The van der Waals surface area contributed by atoms with Gasteiger partial charge in [0.15, 0.2) is 0 Å². The molecule has 1 heterocycles. The molecule has 2 N–H and O–H groups in total. The highest BCUT2D eigenvalue weighted by Crippen LogP contribution is 2.52. The van der Waals surface area contributed by atoms with E-state index in [1.54, 1.807) is 6.92 Å². The second kappa shape index (κ2) is 8.48. The van der Waals surface area contributed by atoms with Crippen molar-refractivity contribution in [2.75, 3.05) is 24.6 Å². The fraction of sp³-hybridized carbons (Fsp3) is 0.636. The number of hydrazine groups is 1. The molecule has 186 valence electrons. The van der Waals surface area contributed by atoms with E-state index in [-0.39, 0.29) is 29.8 Å². The first kappa shape index (κ1) is 24.9. The minimum Gasteiger partial charge on any atom is -0.376 e. The second-order valence-electron chi connectivity index (χ2n) is 9.84. The van der Waals surface area contributed by atoms with Crippen LogP contribution in [0.5, 0.6) is 0 Å². The Morgan fingerprint density at radius 1 is 1.24 bits per heavy atom. The van der Waals surface area contributed by atoms with Crippen molar-refractivity contribution < 1.29 is 31.5 Å². The molecule has 4 fully saturated rings. The van der Waals surface area contributed by atoms with Crippen molar-refractivity contribution >= 4 is 22.9 Å². The number of fused-ring (bicyclic) bond motifs is 3. The topological polar surface area (TPSA) is 106 Å². The molecule has 1 aromatic carbocycles. The highest BCUT2D eigenvalue weighted by Gasteiger charge is 2.50. The molecule has 12 heteroatoms. The Kier molecular flexibility index (Phi) is 6.21. The van der Waals surface area contributed by atoms with Gasteiger partial charge in [-0.15, -0.1) is 0 Å². The van der Waals surface area contributed by atoms with Gasteiger partial charge in [0.2, 0.25) is 0 Å². The van der Waals surface area contributed by atoms with Crippen LogP contribution in [0.4, 0.5) is 18.9 Å². The van der Waals surface area contributed by atoms with Crippen molar-refractivity contribution in [3.05, 3.63) is 29.3 Å². The van der Waals surface area contributed by atoms with Gasteiger partial charge in [-0.2, -0.15) is 22.8 Å². The maximum atomic E-state index is 13.5. The third kappa shape index (κ3) is 4.42. The van der Waals surface area contributed by atoms with Crippen molar-refractivity contribution in [2.45, 2.75) is 62.8 Å². The van der Waals surface area contributed by atoms with E-state index >= 15 is 0 Å². The Labute approximate surface area is 198 Å². The molecule has 1 atom stereocenters. The van der Waals surface area contributed by atoms with Crippen LogP contribution in [-0.4, -0.2) is 51.0 Å². The number of ether oxygens (including phenoxy) is 1. The van der Waals surface area contributed by atoms with Crippen LogP contribution in [0.2, 0.25) is 0 Å². The van der Waals surface area contributed by atoms with E-state index in [9.17, 15) is 32.0 Å². The zero-order valence-electron chi connectivity index (χ0n) is 18.9. The third-order valence-electron chi connectivity index (χ3n) is 7.57. The predicted molar refractivity (Wildman–Crippen MR) is 118 cm³/mol. The number of hydrogen-bond acceptors (Lipinski definition) is 5. The summed E-state index contributed by atoms with van der Waals surface area (Å²) < 4.78 is 69.0. The molecule has 0 spiro atoms. The number of methoxy groups -OCH3 is 1. The van der Waals surface area contributed by atoms with Crippen LogP contribution < -0.4 is 9.73 Å². The molecule has 0 radical (unpaired) electrons. The zero-order valence-corrected chi connectivity index (χ0v) is 19.8. The fourth-order valence-electron chi connectivity index (χ4n) is 5.23. The lowest BCUT2D eigenvalue weighted by molar-refractivity contribution is -0.137. The molecule has 1 amide bonds. The first-order valence-corrected chi connectivity index (χ1v) is 12.1. The van der Waals surface area contributed by atoms with Gasteiger partial charge in [0.05, 0.1) is 33.9 Å². The Morgan fingerprint density at radius 2 is 1.82 bits per heavy atom. The van der Waals surface area contributed by atoms with Crippen molar-refractivity contribution in [3.63, 3.8) is 0 Å². The Bertz CT molecular complexity index is 1030. The van der Waals surface area contributed by atoms with Crippen LogP contribution in [-0.2, 0) is 22.2 Å². The maximum absolute atomic E-state index is 13.5. The average molecular weight is 501 g/mol. The lowest BCUT2D eigenvalue weighted by Gasteiger charge is -2.51. The molecule has 8 nitrogen and oxygen atoms in total. The van der Waals surface area contributed by atoms with Gasteiger partial charge < -0.3 is 10.1 Å². The molecular formula is C22H27F3N4O4S. The highest BCUT2D eigenvalue weighted by molar-refractivity contribution is 7.80. The molecule has 2 bridgehead atoms. The smallest absolute Gasteiger partial charge is 0.376 e. The van der Waals surface area contributed by atoms with Crippen molar-refractivity contribution in [2.24, 2.45) is 5.41 Å². The summed E-state index contributed by atoms with van der Waals surface area (Å²) in [6.07, 6.45) is -1.14. The first-order chi connectivity index (χ1) is 15.8. The van der Waals surface area contributed by atoms with Gasteiger partial charge >= 0.3 is 6.18 Å². The van der Waals surface area contributed by atoms with E-state index in [4.69, 9.17) is 4.74 Å². The summed E-state index contributed by atoms with van der Waals surface area (Å²) in [5, 5.41) is 13.9. The number of alkyl halides is 3. The summed E-state index contributed by atoms with van der Waals surface area (Å²) in [7, 11) is 1.50. The first-order valence-electron chi connectivity index (χ1n) is 11.0. The van der Waals surface area contributed by atoms with E-state index in [1.807, 2.05) is 0 Å². The third-order valence-corrected chi connectivity index (χ3v) is 8.29. The Balaban J connectivity index is 1.67. The fourth-order valence-corrected chi connectivity index (χ4v) is 5.87. The standard InChI is InChI=1S/C22H27F3N4O4S/c1-19(33-2)13-28(14-19)29(34(31)32)17-4-3-15(22(23,24)25)11-16(17)18(30)27-21-8-5-20(12-26,6-9-21)7-10-21/h3-4,11H,5-10,13-14H2,1-2H3,(H,27,30)(H,31,32). The van der Waals surface area contributed by atoms with Gasteiger partial charge in [0.1, 0.15) is 0 Å². The Morgan fingerprint density at radius 3 is 2.29 bits per heavy atom. The number of nitrogens with one attached hydrogen (secondary N) is 1. The molecule has 1 aliphatic heterocycles. The van der Waals surface area contributed by atoms with Crippen LogP contribution in [0, 0.1) is 16.7 Å². The highest BCUT2D eigenvalue weighted by atomic mass is 32.2. The number of rotatable bonds is 6. The number of hydrogen-bond donors (Lipinski definition) is 2. The van der Waals surface area contributed by atoms with Gasteiger partial charge in [-0.05, 0) is 63.6 Å². The Hall–Kier alpha value is -2.20. The van der Waals surface area contributed by atoms with Gasteiger partial charge in [0.25, 0.3) is 17.2 Å².